The van der Waals surface area contributed by atoms with Gasteiger partial charge >= 0.3 is 0 Å². The Balaban J connectivity index is 1.94. The molecule has 0 spiro atoms. The molecule has 0 bridgehead atoms. The number of benzene rings is 1. The number of amides is 1. The monoisotopic (exact) mass is 286 g/mol. The van der Waals surface area contributed by atoms with Crippen molar-refractivity contribution in [1.82, 2.24) is 9.38 Å². The van der Waals surface area contributed by atoms with Crippen molar-refractivity contribution in [1.29, 1.82) is 0 Å². The van der Waals surface area contributed by atoms with Crippen LogP contribution in [0.5, 0.6) is 0 Å². The van der Waals surface area contributed by atoms with E-state index in [9.17, 15) is 4.79 Å². The number of nitrogens with two attached hydrogens (primary N) is 1. The minimum atomic E-state index is -0.297. The van der Waals surface area contributed by atoms with Crippen LogP contribution in [-0.4, -0.2) is 15.3 Å². The molecule has 1 amide bonds. The molecule has 3 N–H and O–H groups in total. The third-order valence-corrected chi connectivity index (χ3v) is 3.26. The molecule has 3 aromatic rings. The SMILES string of the molecule is Nc1ccc2nc(C(=O)Nc3ccccc3)cn2c1Cl. The van der Waals surface area contributed by atoms with Crippen LogP contribution in [0.25, 0.3) is 5.65 Å². The summed E-state index contributed by atoms with van der Waals surface area (Å²) in [6, 6.07) is 12.5. The Hall–Kier alpha value is -2.53. The summed E-state index contributed by atoms with van der Waals surface area (Å²) in [6.07, 6.45) is 1.56. The first kappa shape index (κ1) is 12.5. The van der Waals surface area contributed by atoms with Crippen molar-refractivity contribution in [3.63, 3.8) is 0 Å². The van der Waals surface area contributed by atoms with Crippen LogP contribution in [0, 0.1) is 0 Å². The summed E-state index contributed by atoms with van der Waals surface area (Å²) in [5.74, 6) is -0.297. The van der Waals surface area contributed by atoms with Gasteiger partial charge in [-0.2, -0.15) is 0 Å². The highest BCUT2D eigenvalue weighted by Gasteiger charge is 2.13. The molecular weight excluding hydrogens is 276 g/mol. The zero-order valence-corrected chi connectivity index (χ0v) is 11.1. The second-order valence-corrected chi connectivity index (χ2v) is 4.61. The molecule has 2 heterocycles. The van der Waals surface area contributed by atoms with Crippen molar-refractivity contribution in [2.24, 2.45) is 0 Å². The highest BCUT2D eigenvalue weighted by atomic mass is 35.5. The van der Waals surface area contributed by atoms with Crippen molar-refractivity contribution in [2.75, 3.05) is 11.1 Å². The van der Waals surface area contributed by atoms with Crippen molar-refractivity contribution in [3.8, 4) is 0 Å². The number of fused-ring (bicyclic) bond motifs is 1. The molecule has 3 rings (SSSR count). The maximum atomic E-state index is 12.1. The molecule has 0 saturated carbocycles. The second-order valence-electron chi connectivity index (χ2n) is 4.25. The standard InChI is InChI=1S/C14H11ClN4O/c15-13-10(16)6-7-12-18-11(8-19(12)13)14(20)17-9-4-2-1-3-5-9/h1-8H,16H2,(H,17,20). The van der Waals surface area contributed by atoms with Crippen LogP contribution in [0.15, 0.2) is 48.7 Å². The van der Waals surface area contributed by atoms with Gasteiger partial charge in [-0.15, -0.1) is 0 Å². The van der Waals surface area contributed by atoms with Gasteiger partial charge in [-0.25, -0.2) is 4.98 Å². The molecule has 0 fully saturated rings. The average Bonchev–Trinajstić information content (AvgIpc) is 2.89. The Labute approximate surface area is 120 Å². The Kier molecular flexibility index (Phi) is 3.04. The first-order valence-corrected chi connectivity index (χ1v) is 6.32. The lowest BCUT2D eigenvalue weighted by molar-refractivity contribution is 0.102. The van der Waals surface area contributed by atoms with Gasteiger partial charge in [0.25, 0.3) is 5.91 Å². The topological polar surface area (TPSA) is 72.4 Å². The highest BCUT2D eigenvalue weighted by Crippen LogP contribution is 2.21. The summed E-state index contributed by atoms with van der Waals surface area (Å²) >= 11 is 6.07. The number of rotatable bonds is 2. The normalized spacial score (nSPS) is 10.7. The number of nitrogens with one attached hydrogen (secondary N) is 1. The van der Waals surface area contributed by atoms with Gasteiger partial charge in [-0.1, -0.05) is 29.8 Å². The number of hydrogen-bond acceptors (Lipinski definition) is 3. The smallest absolute Gasteiger partial charge is 0.275 e. The van der Waals surface area contributed by atoms with Crippen molar-refractivity contribution in [3.05, 3.63) is 59.5 Å². The van der Waals surface area contributed by atoms with Gasteiger partial charge < -0.3 is 11.1 Å². The Morgan fingerprint density at radius 3 is 2.70 bits per heavy atom. The summed E-state index contributed by atoms with van der Waals surface area (Å²) in [7, 11) is 0. The lowest BCUT2D eigenvalue weighted by atomic mass is 10.3. The zero-order valence-electron chi connectivity index (χ0n) is 10.4. The molecular formula is C14H11ClN4O. The van der Waals surface area contributed by atoms with Crippen LogP contribution in [0.2, 0.25) is 5.15 Å². The number of nitrogens with zero attached hydrogens (tertiary/aromatic N) is 2. The first-order chi connectivity index (χ1) is 9.65. The van der Waals surface area contributed by atoms with E-state index >= 15 is 0 Å². The van der Waals surface area contributed by atoms with E-state index in [0.717, 1.165) is 0 Å². The van der Waals surface area contributed by atoms with Crippen molar-refractivity contribution >= 4 is 34.5 Å². The third-order valence-electron chi connectivity index (χ3n) is 2.86. The molecule has 1 aromatic carbocycles. The minimum absolute atomic E-state index is 0.279. The first-order valence-electron chi connectivity index (χ1n) is 5.94. The molecule has 6 heteroatoms. The number of aromatic nitrogens is 2. The van der Waals surface area contributed by atoms with Gasteiger partial charge in [-0.05, 0) is 24.3 Å². The fourth-order valence-electron chi connectivity index (χ4n) is 1.87. The number of carbonyl (C=O) groups is 1. The Morgan fingerprint density at radius 1 is 1.20 bits per heavy atom. The van der Waals surface area contributed by atoms with E-state index < -0.39 is 0 Å². The van der Waals surface area contributed by atoms with Crippen molar-refractivity contribution in [2.45, 2.75) is 0 Å². The van der Waals surface area contributed by atoms with E-state index in [2.05, 4.69) is 10.3 Å². The average molecular weight is 287 g/mol. The maximum Gasteiger partial charge on any atom is 0.275 e. The number of imidazole rings is 1. The summed E-state index contributed by atoms with van der Waals surface area (Å²) in [6.45, 7) is 0. The number of para-hydroxylation sites is 1. The number of pyridine rings is 1. The number of halogens is 1. The Bertz CT molecular complexity index is 782. The molecule has 5 nitrogen and oxygen atoms in total. The summed E-state index contributed by atoms with van der Waals surface area (Å²) in [5.41, 5.74) is 7.71. The lowest BCUT2D eigenvalue weighted by Gasteiger charge is -2.01. The van der Waals surface area contributed by atoms with Crippen LogP contribution in [-0.2, 0) is 0 Å². The van der Waals surface area contributed by atoms with E-state index in [1.807, 2.05) is 18.2 Å². The number of hydrogen-bond donors (Lipinski definition) is 2. The van der Waals surface area contributed by atoms with E-state index in [1.54, 1.807) is 34.9 Å². The second kappa shape index (κ2) is 4.86. The van der Waals surface area contributed by atoms with Gasteiger partial charge in [0.05, 0.1) is 5.69 Å². The predicted molar refractivity (Wildman–Crippen MR) is 79.0 cm³/mol. The van der Waals surface area contributed by atoms with Crippen LogP contribution in [0.3, 0.4) is 0 Å². The molecule has 0 saturated heterocycles. The van der Waals surface area contributed by atoms with Crippen molar-refractivity contribution < 1.29 is 4.79 Å². The van der Waals surface area contributed by atoms with E-state index in [-0.39, 0.29) is 11.6 Å². The molecule has 20 heavy (non-hydrogen) atoms. The summed E-state index contributed by atoms with van der Waals surface area (Å²) in [4.78, 5) is 16.3. The summed E-state index contributed by atoms with van der Waals surface area (Å²) in [5, 5.41) is 3.11. The number of nitrogen functional groups attached to an aromatic ring is 1. The molecule has 2 aromatic heterocycles. The predicted octanol–water partition coefficient (Wildman–Crippen LogP) is 2.82. The fourth-order valence-corrected chi connectivity index (χ4v) is 2.07. The summed E-state index contributed by atoms with van der Waals surface area (Å²) < 4.78 is 1.58. The van der Waals surface area contributed by atoms with Gasteiger partial charge in [0, 0.05) is 11.9 Å². The number of carbonyl (C=O) groups excluding carboxylic acids is 1. The molecule has 100 valence electrons. The van der Waals surface area contributed by atoms with Crippen LogP contribution < -0.4 is 11.1 Å². The van der Waals surface area contributed by atoms with Gasteiger partial charge in [0.15, 0.2) is 0 Å². The molecule has 0 aliphatic carbocycles. The molecule has 0 aliphatic rings. The minimum Gasteiger partial charge on any atom is -0.396 e. The Morgan fingerprint density at radius 2 is 1.95 bits per heavy atom. The quantitative estimate of drug-likeness (QED) is 0.712. The third kappa shape index (κ3) is 2.19. The molecule has 0 radical (unpaired) electrons. The van der Waals surface area contributed by atoms with E-state index in [0.29, 0.717) is 22.2 Å². The lowest BCUT2D eigenvalue weighted by Crippen LogP contribution is -2.12. The van der Waals surface area contributed by atoms with E-state index in [4.69, 9.17) is 17.3 Å². The van der Waals surface area contributed by atoms with Gasteiger partial charge in [0.1, 0.15) is 16.5 Å². The largest absolute Gasteiger partial charge is 0.396 e. The van der Waals surface area contributed by atoms with Gasteiger partial charge in [-0.3, -0.25) is 9.20 Å². The van der Waals surface area contributed by atoms with Crippen LogP contribution in [0.4, 0.5) is 11.4 Å². The number of anilines is 2. The maximum absolute atomic E-state index is 12.1. The van der Waals surface area contributed by atoms with E-state index in [1.165, 1.54) is 0 Å². The van der Waals surface area contributed by atoms with Crippen LogP contribution in [0.1, 0.15) is 10.5 Å². The highest BCUT2D eigenvalue weighted by molar-refractivity contribution is 6.32. The molecule has 0 unspecified atom stereocenters. The fraction of sp³-hybridized carbons (Fsp3) is 0. The van der Waals surface area contributed by atoms with Gasteiger partial charge in [0.2, 0.25) is 0 Å². The molecule has 0 atom stereocenters. The zero-order chi connectivity index (χ0) is 14.1. The van der Waals surface area contributed by atoms with Crippen LogP contribution >= 0.6 is 11.6 Å². The molecule has 0 aliphatic heterocycles.